The third-order valence-corrected chi connectivity index (χ3v) is 2.20. The molecule has 0 atom stereocenters. The second-order valence-corrected chi connectivity index (χ2v) is 3.22. The standard InChI is InChI=1S/C11H13NO2/c1-2-12-6-8-7-14-11-4-3-9(13)5-10(8)11/h3-5,7,12-13H,2,6H2,1H3. The molecule has 3 nitrogen and oxygen atoms in total. The number of phenolic OH excluding ortho intramolecular Hbond substituents is 1. The summed E-state index contributed by atoms with van der Waals surface area (Å²) in [5.41, 5.74) is 1.90. The fourth-order valence-corrected chi connectivity index (χ4v) is 1.47. The first-order valence-corrected chi connectivity index (χ1v) is 4.71. The van der Waals surface area contributed by atoms with Gasteiger partial charge >= 0.3 is 0 Å². The predicted molar refractivity (Wildman–Crippen MR) is 55.3 cm³/mol. The Morgan fingerprint density at radius 3 is 3.07 bits per heavy atom. The molecule has 0 spiro atoms. The molecule has 0 radical (unpaired) electrons. The van der Waals surface area contributed by atoms with Crippen LogP contribution >= 0.6 is 0 Å². The molecule has 0 saturated heterocycles. The molecule has 2 N–H and O–H groups in total. The summed E-state index contributed by atoms with van der Waals surface area (Å²) < 4.78 is 5.35. The van der Waals surface area contributed by atoms with Crippen LogP contribution < -0.4 is 5.32 Å². The van der Waals surface area contributed by atoms with Gasteiger partial charge in [-0.05, 0) is 24.7 Å². The summed E-state index contributed by atoms with van der Waals surface area (Å²) in [5, 5.41) is 13.5. The van der Waals surface area contributed by atoms with Crippen molar-refractivity contribution in [3.63, 3.8) is 0 Å². The van der Waals surface area contributed by atoms with E-state index in [4.69, 9.17) is 4.42 Å². The van der Waals surface area contributed by atoms with E-state index in [2.05, 4.69) is 12.2 Å². The molecule has 0 aliphatic rings. The van der Waals surface area contributed by atoms with Crippen molar-refractivity contribution >= 4 is 11.0 Å². The minimum absolute atomic E-state index is 0.275. The Labute approximate surface area is 82.3 Å². The first-order chi connectivity index (χ1) is 6.81. The topological polar surface area (TPSA) is 45.4 Å². The van der Waals surface area contributed by atoms with Gasteiger partial charge in [-0.2, -0.15) is 0 Å². The Kier molecular flexibility index (Phi) is 2.41. The van der Waals surface area contributed by atoms with E-state index in [-0.39, 0.29) is 5.75 Å². The lowest BCUT2D eigenvalue weighted by Crippen LogP contribution is -2.11. The van der Waals surface area contributed by atoms with E-state index < -0.39 is 0 Å². The largest absolute Gasteiger partial charge is 0.508 e. The Hall–Kier alpha value is -1.48. The molecular formula is C11H13NO2. The van der Waals surface area contributed by atoms with Crippen molar-refractivity contribution in [1.82, 2.24) is 5.32 Å². The zero-order valence-electron chi connectivity index (χ0n) is 8.08. The molecule has 2 rings (SSSR count). The van der Waals surface area contributed by atoms with Gasteiger partial charge in [0.15, 0.2) is 0 Å². The maximum Gasteiger partial charge on any atom is 0.134 e. The molecule has 0 aliphatic heterocycles. The van der Waals surface area contributed by atoms with Crippen LogP contribution in [0.3, 0.4) is 0 Å². The van der Waals surface area contributed by atoms with Crippen LogP contribution in [0.4, 0.5) is 0 Å². The lowest BCUT2D eigenvalue weighted by molar-refractivity contribution is 0.476. The normalized spacial score (nSPS) is 10.9. The van der Waals surface area contributed by atoms with Crippen molar-refractivity contribution in [3.8, 4) is 5.75 Å². The van der Waals surface area contributed by atoms with Gasteiger partial charge in [0.1, 0.15) is 11.3 Å². The van der Waals surface area contributed by atoms with E-state index in [1.807, 2.05) is 0 Å². The number of nitrogens with one attached hydrogen (secondary N) is 1. The quantitative estimate of drug-likeness (QED) is 0.782. The molecule has 0 unspecified atom stereocenters. The highest BCUT2D eigenvalue weighted by Gasteiger charge is 2.05. The van der Waals surface area contributed by atoms with Crippen molar-refractivity contribution in [2.24, 2.45) is 0 Å². The number of aromatic hydroxyl groups is 1. The number of hydrogen-bond acceptors (Lipinski definition) is 3. The molecule has 1 aromatic heterocycles. The minimum atomic E-state index is 0.275. The van der Waals surface area contributed by atoms with Crippen molar-refractivity contribution in [3.05, 3.63) is 30.0 Å². The lowest BCUT2D eigenvalue weighted by Gasteiger charge is -1.98. The summed E-state index contributed by atoms with van der Waals surface area (Å²) in [6.07, 6.45) is 1.73. The second-order valence-electron chi connectivity index (χ2n) is 3.22. The van der Waals surface area contributed by atoms with Crippen molar-refractivity contribution in [1.29, 1.82) is 0 Å². The van der Waals surface area contributed by atoms with Crippen molar-refractivity contribution < 1.29 is 9.52 Å². The highest BCUT2D eigenvalue weighted by atomic mass is 16.3. The van der Waals surface area contributed by atoms with E-state index in [1.165, 1.54) is 0 Å². The molecule has 74 valence electrons. The lowest BCUT2D eigenvalue weighted by atomic mass is 10.1. The van der Waals surface area contributed by atoms with Gasteiger partial charge in [0, 0.05) is 17.5 Å². The van der Waals surface area contributed by atoms with Gasteiger partial charge in [-0.15, -0.1) is 0 Å². The van der Waals surface area contributed by atoms with E-state index >= 15 is 0 Å². The Balaban J connectivity index is 2.40. The average molecular weight is 191 g/mol. The number of fused-ring (bicyclic) bond motifs is 1. The van der Waals surface area contributed by atoms with Gasteiger partial charge in [-0.3, -0.25) is 0 Å². The summed E-state index contributed by atoms with van der Waals surface area (Å²) in [7, 11) is 0. The molecule has 0 saturated carbocycles. The van der Waals surface area contributed by atoms with E-state index in [9.17, 15) is 5.11 Å². The van der Waals surface area contributed by atoms with Gasteiger partial charge in [-0.1, -0.05) is 6.92 Å². The van der Waals surface area contributed by atoms with Crippen LogP contribution in [0.5, 0.6) is 5.75 Å². The number of benzene rings is 1. The van der Waals surface area contributed by atoms with Gasteiger partial charge < -0.3 is 14.8 Å². The second kappa shape index (κ2) is 3.72. The van der Waals surface area contributed by atoms with Gasteiger partial charge in [-0.25, -0.2) is 0 Å². The summed E-state index contributed by atoms with van der Waals surface area (Å²) in [6.45, 7) is 3.75. The molecule has 3 heteroatoms. The fourth-order valence-electron chi connectivity index (χ4n) is 1.47. The number of rotatable bonds is 3. The van der Waals surface area contributed by atoms with Crippen LogP contribution in [0.2, 0.25) is 0 Å². The van der Waals surface area contributed by atoms with Crippen LogP contribution in [0.25, 0.3) is 11.0 Å². The minimum Gasteiger partial charge on any atom is -0.508 e. The fraction of sp³-hybridized carbons (Fsp3) is 0.273. The molecule has 0 aliphatic carbocycles. The van der Waals surface area contributed by atoms with E-state index in [0.29, 0.717) is 0 Å². The molecule has 0 fully saturated rings. The maximum absolute atomic E-state index is 9.34. The van der Waals surface area contributed by atoms with E-state index in [1.54, 1.807) is 24.5 Å². The Morgan fingerprint density at radius 1 is 1.43 bits per heavy atom. The Bertz CT molecular complexity index is 434. The summed E-state index contributed by atoms with van der Waals surface area (Å²) in [6, 6.07) is 5.13. The smallest absolute Gasteiger partial charge is 0.134 e. The molecular weight excluding hydrogens is 178 g/mol. The average Bonchev–Trinajstić information content (AvgIpc) is 2.57. The van der Waals surface area contributed by atoms with Crippen LogP contribution in [0, 0.1) is 0 Å². The number of furan rings is 1. The zero-order valence-corrected chi connectivity index (χ0v) is 8.08. The molecule has 14 heavy (non-hydrogen) atoms. The highest BCUT2D eigenvalue weighted by molar-refractivity contribution is 5.82. The zero-order chi connectivity index (χ0) is 9.97. The van der Waals surface area contributed by atoms with Gasteiger partial charge in [0.25, 0.3) is 0 Å². The first-order valence-electron chi connectivity index (χ1n) is 4.71. The third kappa shape index (κ3) is 1.59. The summed E-state index contributed by atoms with van der Waals surface area (Å²) in [4.78, 5) is 0. The maximum atomic E-state index is 9.34. The van der Waals surface area contributed by atoms with Crippen LogP contribution in [-0.4, -0.2) is 11.7 Å². The molecule has 0 amide bonds. The molecule has 1 aromatic carbocycles. The monoisotopic (exact) mass is 191 g/mol. The van der Waals surface area contributed by atoms with Gasteiger partial charge in [0.2, 0.25) is 0 Å². The molecule has 0 bridgehead atoms. The Morgan fingerprint density at radius 2 is 2.29 bits per heavy atom. The van der Waals surface area contributed by atoms with Crippen LogP contribution in [0.1, 0.15) is 12.5 Å². The predicted octanol–water partition coefficient (Wildman–Crippen LogP) is 2.25. The molecule has 2 aromatic rings. The first kappa shape index (κ1) is 9.09. The van der Waals surface area contributed by atoms with Crippen molar-refractivity contribution in [2.45, 2.75) is 13.5 Å². The summed E-state index contributed by atoms with van der Waals surface area (Å²) >= 11 is 0. The van der Waals surface area contributed by atoms with Gasteiger partial charge in [0.05, 0.1) is 6.26 Å². The van der Waals surface area contributed by atoms with E-state index in [0.717, 1.165) is 29.6 Å². The number of hydrogen-bond donors (Lipinski definition) is 2. The van der Waals surface area contributed by atoms with Crippen molar-refractivity contribution in [2.75, 3.05) is 6.54 Å². The third-order valence-electron chi connectivity index (χ3n) is 2.20. The SMILES string of the molecule is CCNCc1coc2ccc(O)cc12. The number of phenols is 1. The highest BCUT2D eigenvalue weighted by Crippen LogP contribution is 2.24. The molecule has 1 heterocycles. The summed E-state index contributed by atoms with van der Waals surface area (Å²) in [5.74, 6) is 0.275. The van der Waals surface area contributed by atoms with Crippen LogP contribution in [-0.2, 0) is 6.54 Å². The van der Waals surface area contributed by atoms with Crippen LogP contribution in [0.15, 0.2) is 28.9 Å².